The smallest absolute Gasteiger partial charge is 0.226 e. The highest BCUT2D eigenvalue weighted by molar-refractivity contribution is 14.0. The van der Waals surface area contributed by atoms with Crippen LogP contribution in [0, 0.1) is 6.92 Å². The minimum absolute atomic E-state index is 0. The standard InChI is InChI=1S/C22H28N6O.HI/c1-16-4-6-17(7-5-16)21-26-20(15-29-21)8-10-24-22(23-2)28-11-9-18(14-28)19-12-25-27(3)13-19;/h4-7,12-13,15,18H,8-11,14H2,1-3H3,(H,23,24);1H. The molecule has 2 aromatic heterocycles. The van der Waals surface area contributed by atoms with Gasteiger partial charge in [0.15, 0.2) is 5.96 Å². The number of aliphatic imine (C=N–C) groups is 1. The maximum Gasteiger partial charge on any atom is 0.226 e. The highest BCUT2D eigenvalue weighted by Crippen LogP contribution is 2.26. The molecule has 0 amide bonds. The molecule has 1 aliphatic heterocycles. The Morgan fingerprint density at radius 1 is 1.30 bits per heavy atom. The van der Waals surface area contributed by atoms with Gasteiger partial charge >= 0.3 is 0 Å². The summed E-state index contributed by atoms with van der Waals surface area (Å²) >= 11 is 0. The van der Waals surface area contributed by atoms with Crippen LogP contribution in [0.1, 0.15) is 29.2 Å². The Morgan fingerprint density at radius 3 is 2.80 bits per heavy atom. The first-order valence-electron chi connectivity index (χ1n) is 10.1. The first kappa shape index (κ1) is 22.3. The molecule has 0 bridgehead atoms. The van der Waals surface area contributed by atoms with E-state index in [1.54, 1.807) is 6.26 Å². The summed E-state index contributed by atoms with van der Waals surface area (Å²) < 4.78 is 7.52. The quantitative estimate of drug-likeness (QED) is 0.316. The minimum Gasteiger partial charge on any atom is -0.444 e. The molecule has 7 nitrogen and oxygen atoms in total. The van der Waals surface area contributed by atoms with Gasteiger partial charge in [0.1, 0.15) is 6.26 Å². The van der Waals surface area contributed by atoms with Gasteiger partial charge in [0.05, 0.1) is 11.9 Å². The highest BCUT2D eigenvalue weighted by atomic mass is 127. The lowest BCUT2D eigenvalue weighted by atomic mass is 10.0. The number of rotatable bonds is 5. The van der Waals surface area contributed by atoms with Gasteiger partial charge < -0.3 is 14.6 Å². The zero-order valence-electron chi connectivity index (χ0n) is 17.7. The lowest BCUT2D eigenvalue weighted by molar-refractivity contribution is 0.486. The van der Waals surface area contributed by atoms with Gasteiger partial charge in [-0.1, -0.05) is 17.7 Å². The number of nitrogens with one attached hydrogen (secondary N) is 1. The van der Waals surface area contributed by atoms with Crippen molar-refractivity contribution in [3.8, 4) is 11.5 Å². The second kappa shape index (κ2) is 10.1. The van der Waals surface area contributed by atoms with Crippen molar-refractivity contribution in [3.63, 3.8) is 0 Å². The Balaban J connectivity index is 0.00000256. The summed E-state index contributed by atoms with van der Waals surface area (Å²) in [6.45, 7) is 4.80. The van der Waals surface area contributed by atoms with Crippen LogP contribution in [0.5, 0.6) is 0 Å². The van der Waals surface area contributed by atoms with Crippen molar-refractivity contribution in [1.82, 2.24) is 25.0 Å². The van der Waals surface area contributed by atoms with Crippen LogP contribution in [0.25, 0.3) is 11.5 Å². The fraction of sp³-hybridized carbons (Fsp3) is 0.409. The van der Waals surface area contributed by atoms with E-state index in [1.807, 2.05) is 37.1 Å². The zero-order chi connectivity index (χ0) is 20.2. The van der Waals surface area contributed by atoms with Gasteiger partial charge in [0.2, 0.25) is 5.89 Å². The molecule has 4 rings (SSSR count). The number of hydrogen-bond acceptors (Lipinski definition) is 4. The molecule has 8 heteroatoms. The first-order chi connectivity index (χ1) is 14.1. The third-order valence-corrected chi connectivity index (χ3v) is 5.41. The number of likely N-dealkylation sites (tertiary alicyclic amines) is 1. The Morgan fingerprint density at radius 2 is 2.10 bits per heavy atom. The summed E-state index contributed by atoms with van der Waals surface area (Å²) in [6.07, 6.45) is 7.74. The van der Waals surface area contributed by atoms with E-state index >= 15 is 0 Å². The maximum atomic E-state index is 5.65. The molecule has 0 saturated carbocycles. The molecular formula is C22H29IN6O. The van der Waals surface area contributed by atoms with E-state index in [4.69, 9.17) is 4.42 Å². The third-order valence-electron chi connectivity index (χ3n) is 5.41. The summed E-state index contributed by atoms with van der Waals surface area (Å²) in [4.78, 5) is 11.4. The average Bonchev–Trinajstić information content (AvgIpc) is 3.46. The van der Waals surface area contributed by atoms with Crippen molar-refractivity contribution in [2.24, 2.45) is 12.0 Å². The van der Waals surface area contributed by atoms with E-state index in [0.29, 0.717) is 11.8 Å². The van der Waals surface area contributed by atoms with Gasteiger partial charge in [-0.05, 0) is 31.0 Å². The van der Waals surface area contributed by atoms with E-state index in [-0.39, 0.29) is 24.0 Å². The summed E-state index contributed by atoms with van der Waals surface area (Å²) in [5, 5.41) is 7.77. The van der Waals surface area contributed by atoms with Crippen molar-refractivity contribution < 1.29 is 4.42 Å². The van der Waals surface area contributed by atoms with Crippen LogP contribution in [0.2, 0.25) is 0 Å². The van der Waals surface area contributed by atoms with E-state index in [2.05, 4.69) is 50.5 Å². The topological polar surface area (TPSA) is 71.5 Å². The number of aromatic nitrogens is 3. The fourth-order valence-electron chi connectivity index (χ4n) is 3.76. The van der Waals surface area contributed by atoms with Crippen molar-refractivity contribution >= 4 is 29.9 Å². The molecule has 0 aliphatic carbocycles. The number of guanidine groups is 1. The van der Waals surface area contributed by atoms with Crippen LogP contribution < -0.4 is 5.32 Å². The van der Waals surface area contributed by atoms with Crippen LogP contribution in [-0.2, 0) is 13.5 Å². The third kappa shape index (κ3) is 5.21. The number of halogens is 1. The molecule has 0 spiro atoms. The molecule has 1 aromatic carbocycles. The minimum atomic E-state index is 0. The van der Waals surface area contributed by atoms with Gasteiger partial charge in [-0.2, -0.15) is 5.10 Å². The molecule has 1 aliphatic rings. The zero-order valence-corrected chi connectivity index (χ0v) is 20.0. The van der Waals surface area contributed by atoms with Gasteiger partial charge in [0.25, 0.3) is 0 Å². The largest absolute Gasteiger partial charge is 0.444 e. The van der Waals surface area contributed by atoms with E-state index in [0.717, 1.165) is 49.7 Å². The summed E-state index contributed by atoms with van der Waals surface area (Å²) in [5.74, 6) is 2.12. The van der Waals surface area contributed by atoms with Crippen LogP contribution in [0.15, 0.2) is 52.3 Å². The molecule has 1 unspecified atom stereocenters. The lowest BCUT2D eigenvalue weighted by Gasteiger charge is -2.21. The second-order valence-electron chi connectivity index (χ2n) is 7.61. The molecule has 30 heavy (non-hydrogen) atoms. The predicted octanol–water partition coefficient (Wildman–Crippen LogP) is 3.61. The second-order valence-corrected chi connectivity index (χ2v) is 7.61. The van der Waals surface area contributed by atoms with Crippen LogP contribution in [0.3, 0.4) is 0 Å². The van der Waals surface area contributed by atoms with Crippen molar-refractivity contribution in [2.75, 3.05) is 26.7 Å². The number of aryl methyl sites for hydroxylation is 2. The van der Waals surface area contributed by atoms with Crippen molar-refractivity contribution in [1.29, 1.82) is 0 Å². The maximum absolute atomic E-state index is 5.65. The Labute approximate surface area is 194 Å². The van der Waals surface area contributed by atoms with Crippen LogP contribution in [0.4, 0.5) is 0 Å². The molecule has 3 heterocycles. The number of nitrogens with zero attached hydrogens (tertiary/aromatic N) is 5. The lowest BCUT2D eigenvalue weighted by Crippen LogP contribution is -2.40. The predicted molar refractivity (Wildman–Crippen MR) is 129 cm³/mol. The molecule has 0 radical (unpaired) electrons. The average molecular weight is 520 g/mol. The molecule has 1 fully saturated rings. The molecule has 1 atom stereocenters. The Kier molecular flexibility index (Phi) is 7.52. The van der Waals surface area contributed by atoms with Crippen LogP contribution >= 0.6 is 24.0 Å². The summed E-state index contributed by atoms with van der Waals surface area (Å²) in [5.41, 5.74) is 4.47. The number of oxazole rings is 1. The monoisotopic (exact) mass is 520 g/mol. The molecular weight excluding hydrogens is 491 g/mol. The summed E-state index contributed by atoms with van der Waals surface area (Å²) in [6, 6.07) is 8.22. The fourth-order valence-corrected chi connectivity index (χ4v) is 3.76. The van der Waals surface area contributed by atoms with Gasteiger partial charge in [-0.15, -0.1) is 24.0 Å². The Bertz CT molecular complexity index is 978. The van der Waals surface area contributed by atoms with E-state index < -0.39 is 0 Å². The molecule has 160 valence electrons. The first-order valence-corrected chi connectivity index (χ1v) is 10.1. The molecule has 3 aromatic rings. The van der Waals surface area contributed by atoms with Gasteiger partial charge in [-0.3, -0.25) is 9.67 Å². The van der Waals surface area contributed by atoms with Crippen LogP contribution in [-0.4, -0.2) is 52.3 Å². The summed E-state index contributed by atoms with van der Waals surface area (Å²) in [7, 11) is 3.80. The van der Waals surface area contributed by atoms with E-state index in [1.165, 1.54) is 11.1 Å². The number of benzene rings is 1. The molecule has 1 N–H and O–H groups in total. The Hall–Kier alpha value is -2.36. The molecule has 1 saturated heterocycles. The SMILES string of the molecule is CN=C(NCCc1coc(-c2ccc(C)cc2)n1)N1CCC(c2cnn(C)c2)C1.I. The number of hydrogen-bond donors (Lipinski definition) is 1. The highest BCUT2D eigenvalue weighted by Gasteiger charge is 2.26. The van der Waals surface area contributed by atoms with Gasteiger partial charge in [-0.25, -0.2) is 4.98 Å². The van der Waals surface area contributed by atoms with Gasteiger partial charge in [0, 0.05) is 57.8 Å². The normalized spacial score (nSPS) is 16.6. The van der Waals surface area contributed by atoms with E-state index in [9.17, 15) is 0 Å². The van der Waals surface area contributed by atoms with Crippen molar-refractivity contribution in [3.05, 3.63) is 59.7 Å². The van der Waals surface area contributed by atoms with Crippen molar-refractivity contribution in [2.45, 2.75) is 25.7 Å².